The van der Waals surface area contributed by atoms with Crippen LogP contribution in [0.4, 0.5) is 0 Å². The standard InChI is InChI=1S/C15H22N2O4S/c1-15(2)11-21-9-8-17(15)22(19,20)13-7-5-6-12(10-13)14(18)16(3)4/h5-7,10H,8-9,11H2,1-4H3. The van der Waals surface area contributed by atoms with Crippen molar-refractivity contribution in [3.05, 3.63) is 29.8 Å². The van der Waals surface area contributed by atoms with Crippen molar-refractivity contribution in [1.82, 2.24) is 9.21 Å². The summed E-state index contributed by atoms with van der Waals surface area (Å²) in [5.41, 5.74) is -0.254. The molecule has 1 heterocycles. The van der Waals surface area contributed by atoms with Gasteiger partial charge in [-0.05, 0) is 32.0 Å². The molecular formula is C15H22N2O4S. The molecule has 0 radical (unpaired) electrons. The maximum Gasteiger partial charge on any atom is 0.253 e. The molecule has 7 heteroatoms. The Hall–Kier alpha value is -1.44. The van der Waals surface area contributed by atoms with E-state index in [1.165, 1.54) is 21.3 Å². The van der Waals surface area contributed by atoms with Gasteiger partial charge in [0.2, 0.25) is 10.0 Å². The minimum Gasteiger partial charge on any atom is -0.378 e. The number of benzene rings is 1. The van der Waals surface area contributed by atoms with Crippen molar-refractivity contribution < 1.29 is 17.9 Å². The first-order valence-corrected chi connectivity index (χ1v) is 8.52. The maximum absolute atomic E-state index is 12.9. The van der Waals surface area contributed by atoms with E-state index in [1.807, 2.05) is 13.8 Å². The van der Waals surface area contributed by atoms with Gasteiger partial charge in [-0.1, -0.05) is 6.07 Å². The Labute approximate surface area is 131 Å². The van der Waals surface area contributed by atoms with Crippen LogP contribution in [0.2, 0.25) is 0 Å². The normalized spacial score (nSPS) is 18.9. The molecule has 22 heavy (non-hydrogen) atoms. The van der Waals surface area contributed by atoms with Crippen LogP contribution in [0.15, 0.2) is 29.2 Å². The Kier molecular flexibility index (Phi) is 4.60. The lowest BCUT2D eigenvalue weighted by Gasteiger charge is -2.40. The second kappa shape index (κ2) is 5.98. The van der Waals surface area contributed by atoms with E-state index in [1.54, 1.807) is 26.2 Å². The molecule has 6 nitrogen and oxygen atoms in total. The van der Waals surface area contributed by atoms with Crippen molar-refractivity contribution in [3.63, 3.8) is 0 Å². The van der Waals surface area contributed by atoms with Gasteiger partial charge < -0.3 is 9.64 Å². The molecule has 0 aromatic heterocycles. The van der Waals surface area contributed by atoms with E-state index in [0.717, 1.165) is 0 Å². The summed E-state index contributed by atoms with van der Waals surface area (Å²) in [6.45, 7) is 4.69. The minimum atomic E-state index is -3.67. The summed E-state index contributed by atoms with van der Waals surface area (Å²) in [4.78, 5) is 13.6. The highest BCUT2D eigenvalue weighted by Gasteiger charge is 2.39. The average molecular weight is 326 g/mol. The van der Waals surface area contributed by atoms with Crippen molar-refractivity contribution in [2.24, 2.45) is 0 Å². The van der Waals surface area contributed by atoms with Crippen LogP contribution in [0.1, 0.15) is 24.2 Å². The van der Waals surface area contributed by atoms with Crippen LogP contribution in [-0.2, 0) is 14.8 Å². The Morgan fingerprint density at radius 3 is 2.59 bits per heavy atom. The quantitative estimate of drug-likeness (QED) is 0.837. The van der Waals surface area contributed by atoms with E-state index < -0.39 is 15.6 Å². The number of carbonyl (C=O) groups is 1. The van der Waals surface area contributed by atoms with Crippen molar-refractivity contribution in [2.75, 3.05) is 33.9 Å². The molecule has 1 amide bonds. The maximum atomic E-state index is 12.9. The zero-order chi connectivity index (χ0) is 16.5. The summed E-state index contributed by atoms with van der Waals surface area (Å²) < 4.78 is 32.6. The average Bonchev–Trinajstić information content (AvgIpc) is 2.45. The number of morpholine rings is 1. The second-order valence-electron chi connectivity index (χ2n) is 6.17. The van der Waals surface area contributed by atoms with Crippen LogP contribution >= 0.6 is 0 Å². The molecule has 0 saturated carbocycles. The van der Waals surface area contributed by atoms with Gasteiger partial charge in [0.05, 0.1) is 23.6 Å². The monoisotopic (exact) mass is 326 g/mol. The number of hydrogen-bond donors (Lipinski definition) is 0. The third-order valence-electron chi connectivity index (χ3n) is 3.64. The molecule has 0 atom stereocenters. The van der Waals surface area contributed by atoms with Crippen molar-refractivity contribution in [3.8, 4) is 0 Å². The van der Waals surface area contributed by atoms with Gasteiger partial charge in [0.1, 0.15) is 0 Å². The Morgan fingerprint density at radius 1 is 1.32 bits per heavy atom. The molecule has 1 aliphatic heterocycles. The van der Waals surface area contributed by atoms with Gasteiger partial charge in [0, 0.05) is 26.2 Å². The van der Waals surface area contributed by atoms with E-state index in [9.17, 15) is 13.2 Å². The summed E-state index contributed by atoms with van der Waals surface area (Å²) in [5.74, 6) is -0.224. The highest BCUT2D eigenvalue weighted by Crippen LogP contribution is 2.27. The van der Waals surface area contributed by atoms with Gasteiger partial charge in [0.15, 0.2) is 0 Å². The molecule has 2 rings (SSSR count). The largest absolute Gasteiger partial charge is 0.378 e. The van der Waals surface area contributed by atoms with Crippen LogP contribution in [0.5, 0.6) is 0 Å². The molecule has 1 aromatic carbocycles. The molecule has 0 unspecified atom stereocenters. The Balaban J connectivity index is 2.42. The van der Waals surface area contributed by atoms with E-state index in [2.05, 4.69) is 0 Å². The molecule has 1 aliphatic rings. The fourth-order valence-electron chi connectivity index (χ4n) is 2.46. The van der Waals surface area contributed by atoms with Gasteiger partial charge >= 0.3 is 0 Å². The fraction of sp³-hybridized carbons (Fsp3) is 0.533. The summed E-state index contributed by atoms with van der Waals surface area (Å²) in [5, 5.41) is 0. The first-order chi connectivity index (χ1) is 10.2. The van der Waals surface area contributed by atoms with Crippen molar-refractivity contribution in [1.29, 1.82) is 0 Å². The van der Waals surface area contributed by atoms with Crippen LogP contribution in [-0.4, -0.2) is 62.9 Å². The van der Waals surface area contributed by atoms with Gasteiger partial charge in [-0.3, -0.25) is 4.79 Å². The van der Waals surface area contributed by atoms with Gasteiger partial charge in [-0.15, -0.1) is 0 Å². The van der Waals surface area contributed by atoms with Crippen molar-refractivity contribution >= 4 is 15.9 Å². The molecule has 1 aromatic rings. The van der Waals surface area contributed by atoms with Gasteiger partial charge in [0.25, 0.3) is 5.91 Å². The highest BCUT2D eigenvalue weighted by molar-refractivity contribution is 7.89. The molecule has 1 saturated heterocycles. The lowest BCUT2D eigenvalue weighted by Crippen LogP contribution is -2.55. The number of rotatable bonds is 3. The smallest absolute Gasteiger partial charge is 0.253 e. The Bertz CT molecular complexity index is 668. The lowest BCUT2D eigenvalue weighted by atomic mass is 10.1. The van der Waals surface area contributed by atoms with Gasteiger partial charge in [-0.2, -0.15) is 4.31 Å². The van der Waals surface area contributed by atoms with Crippen LogP contribution in [0, 0.1) is 0 Å². The highest BCUT2D eigenvalue weighted by atomic mass is 32.2. The molecular weight excluding hydrogens is 304 g/mol. The molecule has 122 valence electrons. The summed E-state index contributed by atoms with van der Waals surface area (Å²) >= 11 is 0. The molecule has 0 N–H and O–H groups in total. The number of sulfonamides is 1. The zero-order valence-corrected chi connectivity index (χ0v) is 14.2. The van der Waals surface area contributed by atoms with E-state index in [-0.39, 0.29) is 10.8 Å². The number of ether oxygens (including phenoxy) is 1. The lowest BCUT2D eigenvalue weighted by molar-refractivity contribution is -0.00770. The fourth-order valence-corrected chi connectivity index (χ4v) is 4.26. The Morgan fingerprint density at radius 2 is 2.00 bits per heavy atom. The third-order valence-corrected chi connectivity index (χ3v) is 5.75. The first-order valence-electron chi connectivity index (χ1n) is 7.08. The van der Waals surface area contributed by atoms with E-state index in [4.69, 9.17) is 4.74 Å². The summed E-state index contributed by atoms with van der Waals surface area (Å²) in [6, 6.07) is 6.17. The number of carbonyl (C=O) groups excluding carboxylic acids is 1. The molecule has 0 spiro atoms. The van der Waals surface area contributed by atoms with Crippen LogP contribution in [0.3, 0.4) is 0 Å². The van der Waals surface area contributed by atoms with Crippen LogP contribution < -0.4 is 0 Å². The van der Waals surface area contributed by atoms with Crippen molar-refractivity contribution in [2.45, 2.75) is 24.3 Å². The third kappa shape index (κ3) is 3.16. The van der Waals surface area contributed by atoms with E-state index in [0.29, 0.717) is 25.3 Å². The molecule has 1 fully saturated rings. The summed E-state index contributed by atoms with van der Waals surface area (Å²) in [6.07, 6.45) is 0. The summed E-state index contributed by atoms with van der Waals surface area (Å²) in [7, 11) is -0.402. The van der Waals surface area contributed by atoms with Gasteiger partial charge in [-0.25, -0.2) is 8.42 Å². The minimum absolute atomic E-state index is 0.134. The number of nitrogens with zero attached hydrogens (tertiary/aromatic N) is 2. The molecule has 0 aliphatic carbocycles. The predicted octanol–water partition coefficient (Wildman–Crippen LogP) is 1.19. The van der Waals surface area contributed by atoms with E-state index >= 15 is 0 Å². The first kappa shape index (κ1) is 16.9. The molecule has 0 bridgehead atoms. The number of hydrogen-bond acceptors (Lipinski definition) is 4. The second-order valence-corrected chi connectivity index (χ2v) is 8.03. The predicted molar refractivity (Wildman–Crippen MR) is 83.2 cm³/mol. The number of amides is 1. The zero-order valence-electron chi connectivity index (χ0n) is 13.4. The topological polar surface area (TPSA) is 66.9 Å². The van der Waals surface area contributed by atoms with Crippen LogP contribution in [0.25, 0.3) is 0 Å². The SMILES string of the molecule is CN(C)C(=O)c1cccc(S(=O)(=O)N2CCOCC2(C)C)c1.